The fourth-order valence-corrected chi connectivity index (χ4v) is 3.36. The van der Waals surface area contributed by atoms with Gasteiger partial charge in [0, 0.05) is 12.7 Å². The molecule has 1 aromatic heterocycles. The number of nitrogens with zero attached hydrogens (tertiary/aromatic N) is 3. The van der Waals surface area contributed by atoms with E-state index in [1.54, 1.807) is 17.2 Å². The predicted octanol–water partition coefficient (Wildman–Crippen LogP) is 1.31. The van der Waals surface area contributed by atoms with Crippen molar-refractivity contribution in [2.45, 2.75) is 44.2 Å². The van der Waals surface area contributed by atoms with E-state index >= 15 is 0 Å². The predicted molar refractivity (Wildman–Crippen MR) is 77.6 cm³/mol. The molecular weight excluding hydrogens is 286 g/mol. The van der Waals surface area contributed by atoms with Crippen molar-refractivity contribution in [2.24, 2.45) is 0 Å². The van der Waals surface area contributed by atoms with Crippen molar-refractivity contribution in [1.29, 1.82) is 0 Å². The van der Waals surface area contributed by atoms with E-state index in [9.17, 15) is 9.59 Å². The Morgan fingerprint density at radius 2 is 2.14 bits per heavy atom. The van der Waals surface area contributed by atoms with Gasteiger partial charge in [-0.1, -0.05) is 12.8 Å². The van der Waals surface area contributed by atoms with Gasteiger partial charge >= 0.3 is 5.97 Å². The van der Waals surface area contributed by atoms with Crippen molar-refractivity contribution >= 4 is 11.9 Å². The number of rotatable bonds is 4. The Bertz CT molecular complexity index is 551. The van der Waals surface area contributed by atoms with Crippen LogP contribution in [-0.4, -0.2) is 57.5 Å². The normalized spacial score (nSPS) is 22.9. The van der Waals surface area contributed by atoms with Gasteiger partial charge in [-0.3, -0.25) is 14.3 Å². The number of hydrogen-bond donors (Lipinski definition) is 1. The van der Waals surface area contributed by atoms with Crippen molar-refractivity contribution in [3.8, 4) is 0 Å². The lowest BCUT2D eigenvalue weighted by Crippen LogP contribution is -2.50. The molecule has 7 heteroatoms. The Morgan fingerprint density at radius 3 is 2.86 bits per heavy atom. The topological polar surface area (TPSA) is 84.7 Å². The molecule has 1 saturated heterocycles. The molecule has 3 rings (SSSR count). The lowest BCUT2D eigenvalue weighted by molar-refractivity contribution is -0.139. The summed E-state index contributed by atoms with van der Waals surface area (Å²) in [4.78, 5) is 25.5. The summed E-state index contributed by atoms with van der Waals surface area (Å²) in [6.07, 6.45) is 5.98. The molecule has 22 heavy (non-hydrogen) atoms. The summed E-state index contributed by atoms with van der Waals surface area (Å²) in [6.45, 7) is 1.14. The first-order valence-corrected chi connectivity index (χ1v) is 7.81. The lowest BCUT2D eigenvalue weighted by Gasteiger charge is -2.35. The number of aliphatic carboxylic acids is 1. The third kappa shape index (κ3) is 2.99. The van der Waals surface area contributed by atoms with E-state index in [0.717, 1.165) is 25.7 Å². The summed E-state index contributed by atoms with van der Waals surface area (Å²) < 4.78 is 7.15. The minimum absolute atomic E-state index is 0.0939. The number of carbonyl (C=O) groups is 2. The number of hydrogen-bond acceptors (Lipinski definition) is 4. The van der Waals surface area contributed by atoms with Gasteiger partial charge in [0.25, 0.3) is 5.91 Å². The largest absolute Gasteiger partial charge is 0.481 e. The van der Waals surface area contributed by atoms with Crippen molar-refractivity contribution in [1.82, 2.24) is 14.7 Å². The molecule has 120 valence electrons. The van der Waals surface area contributed by atoms with Crippen LogP contribution >= 0.6 is 0 Å². The van der Waals surface area contributed by atoms with Gasteiger partial charge in [0.2, 0.25) is 0 Å². The fraction of sp³-hybridized carbons (Fsp3) is 0.667. The summed E-state index contributed by atoms with van der Waals surface area (Å²) in [5.41, 5.74) is 0.559. The average molecular weight is 307 g/mol. The summed E-state index contributed by atoms with van der Waals surface area (Å²) in [6, 6.07) is 1.60. The summed E-state index contributed by atoms with van der Waals surface area (Å²) in [7, 11) is 0. The van der Waals surface area contributed by atoms with E-state index in [0.29, 0.717) is 18.8 Å². The second-order valence-corrected chi connectivity index (χ2v) is 5.92. The molecule has 2 fully saturated rings. The Labute approximate surface area is 128 Å². The van der Waals surface area contributed by atoms with Gasteiger partial charge in [-0.05, 0) is 18.9 Å². The highest BCUT2D eigenvalue weighted by atomic mass is 16.5. The smallest absolute Gasteiger partial charge is 0.305 e. The molecule has 1 amide bonds. The number of carboxylic acids is 1. The second kappa shape index (κ2) is 6.48. The summed E-state index contributed by atoms with van der Waals surface area (Å²) in [5.74, 6) is -1.06. The lowest BCUT2D eigenvalue weighted by atomic mass is 10.1. The van der Waals surface area contributed by atoms with Gasteiger partial charge in [-0.25, -0.2) is 0 Å². The maximum atomic E-state index is 12.8. The van der Waals surface area contributed by atoms with Gasteiger partial charge in [0.1, 0.15) is 5.69 Å². The molecule has 0 unspecified atom stereocenters. The van der Waals surface area contributed by atoms with Crippen LogP contribution in [0.1, 0.15) is 48.6 Å². The molecule has 1 N–H and O–H groups in total. The van der Waals surface area contributed by atoms with Crippen LogP contribution in [-0.2, 0) is 9.53 Å². The molecule has 1 aliphatic carbocycles. The maximum absolute atomic E-state index is 12.8. The Kier molecular flexibility index (Phi) is 4.42. The minimum atomic E-state index is -0.919. The number of carbonyl (C=O) groups excluding carboxylic acids is 1. The number of morpholine rings is 1. The third-order valence-electron chi connectivity index (χ3n) is 4.46. The van der Waals surface area contributed by atoms with Crippen LogP contribution in [0.15, 0.2) is 12.3 Å². The van der Waals surface area contributed by atoms with Crippen molar-refractivity contribution in [3.63, 3.8) is 0 Å². The molecule has 1 saturated carbocycles. The minimum Gasteiger partial charge on any atom is -0.481 e. The van der Waals surface area contributed by atoms with Gasteiger partial charge < -0.3 is 14.7 Å². The first-order chi connectivity index (χ1) is 10.7. The fourth-order valence-electron chi connectivity index (χ4n) is 3.36. The molecule has 0 aromatic carbocycles. The molecule has 2 heterocycles. The highest BCUT2D eigenvalue weighted by molar-refractivity contribution is 5.93. The Morgan fingerprint density at radius 1 is 1.36 bits per heavy atom. The molecule has 1 aromatic rings. The third-order valence-corrected chi connectivity index (χ3v) is 4.46. The van der Waals surface area contributed by atoms with E-state index in [1.165, 1.54) is 0 Å². The van der Waals surface area contributed by atoms with Crippen molar-refractivity contribution in [3.05, 3.63) is 18.0 Å². The molecule has 0 radical (unpaired) electrons. The second-order valence-electron chi connectivity index (χ2n) is 5.92. The Balaban J connectivity index is 1.80. The van der Waals surface area contributed by atoms with Gasteiger partial charge in [0.05, 0.1) is 31.7 Å². The quantitative estimate of drug-likeness (QED) is 0.906. The monoisotopic (exact) mass is 307 g/mol. The van der Waals surface area contributed by atoms with E-state index in [1.807, 2.05) is 4.68 Å². The van der Waals surface area contributed by atoms with E-state index in [2.05, 4.69) is 5.10 Å². The first kappa shape index (κ1) is 15.0. The first-order valence-electron chi connectivity index (χ1n) is 7.81. The Hall–Kier alpha value is -1.89. The van der Waals surface area contributed by atoms with Crippen molar-refractivity contribution < 1.29 is 19.4 Å². The standard InChI is InChI=1S/C15H21N3O4/c19-14(20)9-12-10-22-8-7-17(12)15(21)13-5-6-16-18(13)11-3-1-2-4-11/h5-6,11-12H,1-4,7-10H2,(H,19,20)/t12-/m1/s1. The van der Waals surface area contributed by atoms with Crippen LogP contribution in [0.3, 0.4) is 0 Å². The molecule has 1 atom stereocenters. The SMILES string of the molecule is O=C(O)C[C@@H]1COCCN1C(=O)c1ccnn1C1CCCC1. The average Bonchev–Trinajstić information content (AvgIpc) is 3.17. The number of aromatic nitrogens is 2. The van der Waals surface area contributed by atoms with E-state index in [-0.39, 0.29) is 25.0 Å². The molecular formula is C15H21N3O4. The van der Waals surface area contributed by atoms with E-state index in [4.69, 9.17) is 9.84 Å². The van der Waals surface area contributed by atoms with Gasteiger partial charge in [-0.2, -0.15) is 5.10 Å². The maximum Gasteiger partial charge on any atom is 0.305 e. The zero-order valence-electron chi connectivity index (χ0n) is 12.5. The van der Waals surface area contributed by atoms with Crippen molar-refractivity contribution in [2.75, 3.05) is 19.8 Å². The number of carboxylic acid groups (broad SMARTS) is 1. The molecule has 2 aliphatic rings. The zero-order valence-corrected chi connectivity index (χ0v) is 12.5. The molecule has 0 spiro atoms. The summed E-state index contributed by atoms with van der Waals surface area (Å²) >= 11 is 0. The van der Waals surface area contributed by atoms with Gasteiger partial charge in [-0.15, -0.1) is 0 Å². The highest BCUT2D eigenvalue weighted by Crippen LogP contribution is 2.30. The van der Waals surface area contributed by atoms with Crippen LogP contribution < -0.4 is 0 Å². The van der Waals surface area contributed by atoms with Crippen LogP contribution in [0, 0.1) is 0 Å². The van der Waals surface area contributed by atoms with Crippen LogP contribution in [0.25, 0.3) is 0 Å². The molecule has 7 nitrogen and oxygen atoms in total. The number of amides is 1. The van der Waals surface area contributed by atoms with Gasteiger partial charge in [0.15, 0.2) is 0 Å². The highest BCUT2D eigenvalue weighted by Gasteiger charge is 2.32. The van der Waals surface area contributed by atoms with Crippen LogP contribution in [0.4, 0.5) is 0 Å². The molecule has 1 aliphatic heterocycles. The van der Waals surface area contributed by atoms with Crippen LogP contribution in [0.5, 0.6) is 0 Å². The number of ether oxygens (including phenoxy) is 1. The van der Waals surface area contributed by atoms with E-state index < -0.39 is 12.0 Å². The molecule has 0 bridgehead atoms. The summed E-state index contributed by atoms with van der Waals surface area (Å²) in [5, 5.41) is 13.3. The zero-order chi connectivity index (χ0) is 15.5. The van der Waals surface area contributed by atoms with Crippen LogP contribution in [0.2, 0.25) is 0 Å².